The van der Waals surface area contributed by atoms with E-state index in [-0.39, 0.29) is 0 Å². The third-order valence-electron chi connectivity index (χ3n) is 3.94. The summed E-state index contributed by atoms with van der Waals surface area (Å²) in [5, 5.41) is 0. The third-order valence-corrected chi connectivity index (χ3v) is 3.94. The Morgan fingerprint density at radius 1 is 1.39 bits per heavy atom. The Labute approximate surface area is 107 Å². The van der Waals surface area contributed by atoms with Gasteiger partial charge in [0.25, 0.3) is 0 Å². The fourth-order valence-corrected chi connectivity index (χ4v) is 2.76. The van der Waals surface area contributed by atoms with Crippen molar-refractivity contribution in [2.45, 2.75) is 19.5 Å². The van der Waals surface area contributed by atoms with E-state index in [9.17, 15) is 0 Å². The molecule has 18 heavy (non-hydrogen) atoms. The predicted octanol–water partition coefficient (Wildman–Crippen LogP) is 1.35. The molecular formula is C14H20N4. The number of likely N-dealkylation sites (tertiary alicyclic amines) is 1. The van der Waals surface area contributed by atoms with Gasteiger partial charge in [-0.3, -0.25) is 4.90 Å². The molecule has 2 atom stereocenters. The van der Waals surface area contributed by atoms with Crippen molar-refractivity contribution < 1.29 is 0 Å². The lowest BCUT2D eigenvalue weighted by atomic mass is 10.1. The standard InChI is InChI=1S/C14H20N4/c1-10-6-18(8-12(10)15)7-11-3-4-14-13(5-11)16-9-17(14)2/h3-5,9-10,12H,6-8,15H2,1-2H3. The Bertz CT molecular complexity index is 550. The first-order chi connectivity index (χ1) is 8.63. The smallest absolute Gasteiger partial charge is 0.0955 e. The van der Waals surface area contributed by atoms with Crippen molar-refractivity contribution in [3.05, 3.63) is 30.1 Å². The highest BCUT2D eigenvalue weighted by Gasteiger charge is 2.26. The van der Waals surface area contributed by atoms with Crippen LogP contribution < -0.4 is 5.73 Å². The minimum Gasteiger partial charge on any atom is -0.334 e. The van der Waals surface area contributed by atoms with Crippen LogP contribution in [-0.2, 0) is 13.6 Å². The number of imidazole rings is 1. The molecule has 96 valence electrons. The zero-order chi connectivity index (χ0) is 12.7. The molecule has 4 heteroatoms. The number of nitrogens with two attached hydrogens (primary N) is 1. The first kappa shape index (κ1) is 11.7. The molecule has 2 heterocycles. The van der Waals surface area contributed by atoms with E-state index in [1.807, 2.05) is 17.9 Å². The van der Waals surface area contributed by atoms with Gasteiger partial charge in [-0.25, -0.2) is 4.98 Å². The van der Waals surface area contributed by atoms with Gasteiger partial charge in [0.05, 0.1) is 17.4 Å². The molecule has 0 amide bonds. The average Bonchev–Trinajstić information content (AvgIpc) is 2.84. The summed E-state index contributed by atoms with van der Waals surface area (Å²) >= 11 is 0. The highest BCUT2D eigenvalue weighted by Crippen LogP contribution is 2.19. The molecule has 2 unspecified atom stereocenters. The van der Waals surface area contributed by atoms with E-state index in [1.54, 1.807) is 0 Å². The summed E-state index contributed by atoms with van der Waals surface area (Å²) in [6.45, 7) is 5.31. The number of benzene rings is 1. The van der Waals surface area contributed by atoms with Crippen LogP contribution in [0.3, 0.4) is 0 Å². The maximum atomic E-state index is 6.06. The number of nitrogens with zero attached hydrogens (tertiary/aromatic N) is 3. The lowest BCUT2D eigenvalue weighted by molar-refractivity contribution is 0.319. The first-order valence-corrected chi connectivity index (χ1v) is 6.51. The highest BCUT2D eigenvalue weighted by molar-refractivity contribution is 5.75. The summed E-state index contributed by atoms with van der Waals surface area (Å²) in [6, 6.07) is 6.85. The molecule has 1 fully saturated rings. The van der Waals surface area contributed by atoms with Crippen molar-refractivity contribution in [3.63, 3.8) is 0 Å². The van der Waals surface area contributed by atoms with Gasteiger partial charge in [0.1, 0.15) is 0 Å². The number of rotatable bonds is 2. The van der Waals surface area contributed by atoms with Crippen LogP contribution in [0.2, 0.25) is 0 Å². The normalized spacial score (nSPS) is 25.1. The summed E-state index contributed by atoms with van der Waals surface area (Å²) < 4.78 is 2.05. The quantitative estimate of drug-likeness (QED) is 0.867. The Balaban J connectivity index is 1.79. The summed E-state index contributed by atoms with van der Waals surface area (Å²) in [5.41, 5.74) is 9.64. The molecular weight excluding hydrogens is 224 g/mol. The lowest BCUT2D eigenvalue weighted by Gasteiger charge is -2.15. The minimum absolute atomic E-state index is 0.323. The number of hydrogen-bond acceptors (Lipinski definition) is 3. The van der Waals surface area contributed by atoms with Gasteiger partial charge in [0.15, 0.2) is 0 Å². The number of aromatic nitrogens is 2. The molecule has 0 spiro atoms. The second-order valence-electron chi connectivity index (χ2n) is 5.51. The van der Waals surface area contributed by atoms with Gasteiger partial charge in [-0.2, -0.15) is 0 Å². The highest BCUT2D eigenvalue weighted by atomic mass is 15.2. The first-order valence-electron chi connectivity index (χ1n) is 6.51. The van der Waals surface area contributed by atoms with Crippen LogP contribution >= 0.6 is 0 Å². The van der Waals surface area contributed by atoms with Gasteiger partial charge in [-0.1, -0.05) is 13.0 Å². The van der Waals surface area contributed by atoms with Crippen LogP contribution in [0.4, 0.5) is 0 Å². The molecule has 0 radical (unpaired) electrons. The Kier molecular flexibility index (Phi) is 2.84. The fraction of sp³-hybridized carbons (Fsp3) is 0.500. The molecule has 2 N–H and O–H groups in total. The van der Waals surface area contributed by atoms with Crippen LogP contribution in [0.5, 0.6) is 0 Å². The van der Waals surface area contributed by atoms with Gasteiger partial charge < -0.3 is 10.3 Å². The van der Waals surface area contributed by atoms with E-state index in [4.69, 9.17) is 5.73 Å². The second kappa shape index (κ2) is 4.37. The van der Waals surface area contributed by atoms with E-state index < -0.39 is 0 Å². The van der Waals surface area contributed by atoms with Gasteiger partial charge in [-0.15, -0.1) is 0 Å². The number of aryl methyl sites for hydroxylation is 1. The average molecular weight is 244 g/mol. The molecule has 1 aromatic carbocycles. The largest absolute Gasteiger partial charge is 0.334 e. The maximum absolute atomic E-state index is 6.06. The van der Waals surface area contributed by atoms with E-state index in [0.29, 0.717) is 12.0 Å². The van der Waals surface area contributed by atoms with Gasteiger partial charge in [0, 0.05) is 32.7 Å². The minimum atomic E-state index is 0.323. The van der Waals surface area contributed by atoms with E-state index in [2.05, 4.69) is 35.0 Å². The molecule has 0 saturated carbocycles. The summed E-state index contributed by atoms with van der Waals surface area (Å²) in [6.07, 6.45) is 1.86. The lowest BCUT2D eigenvalue weighted by Crippen LogP contribution is -2.28. The van der Waals surface area contributed by atoms with Crippen LogP contribution in [0.25, 0.3) is 11.0 Å². The number of fused-ring (bicyclic) bond motifs is 1. The molecule has 1 saturated heterocycles. The van der Waals surface area contributed by atoms with E-state index >= 15 is 0 Å². The van der Waals surface area contributed by atoms with E-state index in [1.165, 1.54) is 11.1 Å². The molecule has 3 rings (SSSR count). The maximum Gasteiger partial charge on any atom is 0.0955 e. The Hall–Kier alpha value is -1.39. The Morgan fingerprint density at radius 3 is 2.94 bits per heavy atom. The van der Waals surface area contributed by atoms with Crippen LogP contribution in [-0.4, -0.2) is 33.6 Å². The molecule has 2 aromatic rings. The van der Waals surface area contributed by atoms with Crippen molar-refractivity contribution in [1.29, 1.82) is 0 Å². The van der Waals surface area contributed by atoms with Crippen molar-refractivity contribution in [2.75, 3.05) is 13.1 Å². The van der Waals surface area contributed by atoms with Gasteiger partial charge >= 0.3 is 0 Å². The van der Waals surface area contributed by atoms with Crippen molar-refractivity contribution >= 4 is 11.0 Å². The zero-order valence-corrected chi connectivity index (χ0v) is 11.0. The van der Waals surface area contributed by atoms with Gasteiger partial charge in [-0.05, 0) is 23.6 Å². The second-order valence-corrected chi connectivity index (χ2v) is 5.51. The topological polar surface area (TPSA) is 47.1 Å². The molecule has 1 aliphatic heterocycles. The monoisotopic (exact) mass is 244 g/mol. The molecule has 0 aliphatic carbocycles. The molecule has 0 bridgehead atoms. The summed E-state index contributed by atoms with van der Waals surface area (Å²) in [7, 11) is 2.02. The summed E-state index contributed by atoms with van der Waals surface area (Å²) in [5.74, 6) is 0.601. The van der Waals surface area contributed by atoms with E-state index in [0.717, 1.165) is 25.2 Å². The van der Waals surface area contributed by atoms with Crippen LogP contribution in [0.1, 0.15) is 12.5 Å². The van der Waals surface area contributed by atoms with Crippen LogP contribution in [0.15, 0.2) is 24.5 Å². The fourth-order valence-electron chi connectivity index (χ4n) is 2.76. The van der Waals surface area contributed by atoms with Crippen molar-refractivity contribution in [3.8, 4) is 0 Å². The summed E-state index contributed by atoms with van der Waals surface area (Å²) in [4.78, 5) is 6.83. The SMILES string of the molecule is CC1CN(Cc2ccc3c(c2)ncn3C)CC1N. The Morgan fingerprint density at radius 2 is 2.22 bits per heavy atom. The molecule has 1 aliphatic rings. The number of hydrogen-bond donors (Lipinski definition) is 1. The van der Waals surface area contributed by atoms with Crippen molar-refractivity contribution in [2.24, 2.45) is 18.7 Å². The predicted molar refractivity (Wildman–Crippen MR) is 73.1 cm³/mol. The third kappa shape index (κ3) is 2.02. The zero-order valence-electron chi connectivity index (χ0n) is 11.0. The van der Waals surface area contributed by atoms with Gasteiger partial charge in [0.2, 0.25) is 0 Å². The van der Waals surface area contributed by atoms with Crippen molar-refractivity contribution in [1.82, 2.24) is 14.5 Å². The molecule has 1 aromatic heterocycles. The van der Waals surface area contributed by atoms with Crippen LogP contribution in [0, 0.1) is 5.92 Å². The molecule has 4 nitrogen and oxygen atoms in total.